The average molecular weight is 169 g/mol. The van der Waals surface area contributed by atoms with Gasteiger partial charge >= 0.3 is 0 Å². The first-order valence-corrected chi connectivity index (χ1v) is 4.87. The molecule has 0 heterocycles. The molecular weight excluding hydrogens is 150 g/mol. The second-order valence-corrected chi connectivity index (χ2v) is 4.67. The van der Waals surface area contributed by atoms with Crippen molar-refractivity contribution in [3.8, 4) is 0 Å². The molecule has 1 aliphatic carbocycles. The van der Waals surface area contributed by atoms with Crippen molar-refractivity contribution in [2.45, 2.75) is 52.5 Å². The van der Waals surface area contributed by atoms with E-state index in [-0.39, 0.29) is 5.54 Å². The van der Waals surface area contributed by atoms with Gasteiger partial charge in [-0.2, -0.15) is 4.91 Å². The summed E-state index contributed by atoms with van der Waals surface area (Å²) in [7, 11) is 0. The van der Waals surface area contributed by atoms with Gasteiger partial charge in [0.15, 0.2) is 0 Å². The summed E-state index contributed by atoms with van der Waals surface area (Å²) in [5.41, 5.74) is 0.108. The van der Waals surface area contributed by atoms with Crippen molar-refractivity contribution < 1.29 is 0 Å². The van der Waals surface area contributed by atoms with Gasteiger partial charge in [-0.3, -0.25) is 0 Å². The lowest BCUT2D eigenvalue weighted by Crippen LogP contribution is -2.56. The first-order chi connectivity index (χ1) is 5.52. The molecule has 0 amide bonds. The van der Waals surface area contributed by atoms with Gasteiger partial charge in [0.25, 0.3) is 0 Å². The van der Waals surface area contributed by atoms with E-state index >= 15 is 0 Å². The van der Waals surface area contributed by atoms with Gasteiger partial charge in [-0.25, -0.2) is 0 Å². The molecule has 1 aliphatic rings. The summed E-state index contributed by atoms with van der Waals surface area (Å²) < 4.78 is 0. The van der Waals surface area contributed by atoms with E-state index in [1.165, 1.54) is 0 Å². The molecule has 70 valence electrons. The third-order valence-electron chi connectivity index (χ3n) is 3.56. The molecule has 0 aromatic carbocycles. The molecule has 0 spiro atoms. The highest BCUT2D eigenvalue weighted by molar-refractivity contribution is 5.11. The smallest absolute Gasteiger partial charge is 0.106 e. The highest BCUT2D eigenvalue weighted by Crippen LogP contribution is 2.58. The van der Waals surface area contributed by atoms with Gasteiger partial charge in [0.05, 0.1) is 0 Å². The molecule has 0 aromatic rings. The van der Waals surface area contributed by atoms with Crippen molar-refractivity contribution >= 4 is 0 Å². The van der Waals surface area contributed by atoms with Gasteiger partial charge in [-0.15, -0.1) is 0 Å². The fourth-order valence-corrected chi connectivity index (χ4v) is 3.10. The Morgan fingerprint density at radius 1 is 1.42 bits per heavy atom. The molecule has 0 radical (unpaired) electrons. The van der Waals surface area contributed by atoms with Gasteiger partial charge in [-0.1, -0.05) is 39.3 Å². The van der Waals surface area contributed by atoms with Crippen molar-refractivity contribution in [2.75, 3.05) is 0 Å². The molecule has 2 unspecified atom stereocenters. The van der Waals surface area contributed by atoms with Crippen LogP contribution in [-0.4, -0.2) is 5.54 Å². The van der Waals surface area contributed by atoms with Crippen molar-refractivity contribution in [3.63, 3.8) is 0 Å². The third-order valence-corrected chi connectivity index (χ3v) is 3.56. The van der Waals surface area contributed by atoms with E-state index in [9.17, 15) is 4.91 Å². The Morgan fingerprint density at radius 2 is 2.00 bits per heavy atom. The van der Waals surface area contributed by atoms with Crippen LogP contribution < -0.4 is 0 Å². The van der Waals surface area contributed by atoms with Crippen LogP contribution in [0.4, 0.5) is 0 Å². The molecule has 0 aliphatic heterocycles. The third kappa shape index (κ3) is 1.08. The summed E-state index contributed by atoms with van der Waals surface area (Å²) in [5.74, 6) is 0.493. The Labute approximate surface area is 74.7 Å². The van der Waals surface area contributed by atoms with Crippen LogP contribution >= 0.6 is 0 Å². The molecule has 1 fully saturated rings. The summed E-state index contributed by atoms with van der Waals surface area (Å²) in [6.45, 7) is 8.70. The van der Waals surface area contributed by atoms with Gasteiger partial charge < -0.3 is 0 Å². The van der Waals surface area contributed by atoms with Crippen LogP contribution in [-0.2, 0) is 0 Å². The summed E-state index contributed by atoms with van der Waals surface area (Å²) >= 11 is 0. The maximum absolute atomic E-state index is 10.7. The van der Waals surface area contributed by atoms with Crippen LogP contribution in [0.1, 0.15) is 47.0 Å². The van der Waals surface area contributed by atoms with E-state index in [1.54, 1.807) is 0 Å². The van der Waals surface area contributed by atoms with E-state index in [2.05, 4.69) is 32.9 Å². The normalized spacial score (nSPS) is 38.8. The van der Waals surface area contributed by atoms with Gasteiger partial charge in [0.2, 0.25) is 0 Å². The average Bonchev–Trinajstić information content (AvgIpc) is 2.00. The molecule has 2 atom stereocenters. The predicted molar refractivity (Wildman–Crippen MR) is 51.0 cm³/mol. The Morgan fingerprint density at radius 3 is 2.17 bits per heavy atom. The lowest BCUT2D eigenvalue weighted by molar-refractivity contribution is -0.0412. The number of nitroso groups, excluding NO2 is 1. The molecule has 1 rings (SSSR count). The minimum Gasteiger partial charge on any atom is -0.150 e. The maximum Gasteiger partial charge on any atom is 0.106 e. The van der Waals surface area contributed by atoms with Crippen molar-refractivity contribution in [3.05, 3.63) is 4.91 Å². The largest absolute Gasteiger partial charge is 0.150 e. The molecule has 2 nitrogen and oxygen atoms in total. The maximum atomic E-state index is 10.7. The quantitative estimate of drug-likeness (QED) is 0.596. The van der Waals surface area contributed by atoms with E-state index in [1.807, 2.05) is 0 Å². The van der Waals surface area contributed by atoms with Crippen LogP contribution in [0, 0.1) is 16.2 Å². The Kier molecular flexibility index (Phi) is 2.28. The Bertz CT molecular complexity index is 188. The SMILES string of the molecule is CCC1C(C)(C)CC1(CC)N=O. The molecule has 0 bridgehead atoms. The lowest BCUT2D eigenvalue weighted by Gasteiger charge is -2.56. The molecule has 0 aromatic heterocycles. The highest BCUT2D eigenvalue weighted by atomic mass is 16.3. The second-order valence-electron chi connectivity index (χ2n) is 4.67. The number of hydrogen-bond donors (Lipinski definition) is 0. The van der Waals surface area contributed by atoms with Crippen molar-refractivity contribution in [1.82, 2.24) is 0 Å². The van der Waals surface area contributed by atoms with Crippen LogP contribution in [0.3, 0.4) is 0 Å². The van der Waals surface area contributed by atoms with Gasteiger partial charge in [0, 0.05) is 0 Å². The standard InChI is InChI=1S/C10H19NO/c1-5-8-9(3,4)7-10(8,6-2)11-12/h8H,5-7H2,1-4H3. The van der Waals surface area contributed by atoms with Crippen LogP contribution in [0.2, 0.25) is 0 Å². The van der Waals surface area contributed by atoms with Crippen LogP contribution in [0.15, 0.2) is 5.18 Å². The summed E-state index contributed by atoms with van der Waals surface area (Å²) in [5, 5.41) is 3.34. The Hall–Kier alpha value is -0.400. The second kappa shape index (κ2) is 2.82. The predicted octanol–water partition coefficient (Wildman–Crippen LogP) is 3.36. The fraction of sp³-hybridized carbons (Fsp3) is 1.00. The van der Waals surface area contributed by atoms with E-state index < -0.39 is 0 Å². The number of hydrogen-bond acceptors (Lipinski definition) is 2. The molecular formula is C10H19NO. The van der Waals surface area contributed by atoms with Crippen molar-refractivity contribution in [2.24, 2.45) is 16.5 Å². The fourth-order valence-electron chi connectivity index (χ4n) is 3.10. The number of rotatable bonds is 3. The van der Waals surface area contributed by atoms with Gasteiger partial charge in [-0.05, 0) is 24.2 Å². The van der Waals surface area contributed by atoms with E-state index in [0.717, 1.165) is 19.3 Å². The molecule has 0 saturated heterocycles. The molecule has 0 N–H and O–H groups in total. The minimum absolute atomic E-state index is 0.224. The topological polar surface area (TPSA) is 29.4 Å². The first kappa shape index (κ1) is 9.69. The van der Waals surface area contributed by atoms with Crippen molar-refractivity contribution in [1.29, 1.82) is 0 Å². The Balaban J connectivity index is 2.79. The first-order valence-electron chi connectivity index (χ1n) is 4.87. The molecule has 1 saturated carbocycles. The summed E-state index contributed by atoms with van der Waals surface area (Å²) in [6, 6.07) is 0. The lowest BCUT2D eigenvalue weighted by atomic mass is 9.49. The summed E-state index contributed by atoms with van der Waals surface area (Å²) in [6.07, 6.45) is 2.95. The van der Waals surface area contributed by atoms with Crippen LogP contribution in [0.5, 0.6) is 0 Å². The number of nitrogens with zero attached hydrogens (tertiary/aromatic N) is 1. The molecule has 12 heavy (non-hydrogen) atoms. The minimum atomic E-state index is -0.224. The summed E-state index contributed by atoms with van der Waals surface area (Å²) in [4.78, 5) is 10.7. The van der Waals surface area contributed by atoms with E-state index in [4.69, 9.17) is 0 Å². The monoisotopic (exact) mass is 169 g/mol. The van der Waals surface area contributed by atoms with E-state index in [0.29, 0.717) is 11.3 Å². The molecule has 2 heteroatoms. The zero-order chi connectivity index (χ0) is 9.41. The zero-order valence-electron chi connectivity index (χ0n) is 8.55. The van der Waals surface area contributed by atoms with Crippen LogP contribution in [0.25, 0.3) is 0 Å². The zero-order valence-corrected chi connectivity index (χ0v) is 8.55. The van der Waals surface area contributed by atoms with Gasteiger partial charge in [0.1, 0.15) is 5.54 Å². The highest BCUT2D eigenvalue weighted by Gasteiger charge is 2.57.